The monoisotopic (exact) mass is 309 g/mol. The maximum atomic E-state index is 14.1. The van der Waals surface area contributed by atoms with Crippen molar-refractivity contribution < 1.29 is 4.39 Å². The van der Waals surface area contributed by atoms with Crippen LogP contribution in [0.3, 0.4) is 0 Å². The molecular formula is C16H14Cl2FN. The first-order valence-electron chi connectivity index (χ1n) is 6.50. The lowest BCUT2D eigenvalue weighted by atomic mass is 9.71. The summed E-state index contributed by atoms with van der Waals surface area (Å²) in [5, 5.41) is 4.50. The first kappa shape index (κ1) is 13.9. The van der Waals surface area contributed by atoms with Gasteiger partial charge in [0.25, 0.3) is 0 Å². The van der Waals surface area contributed by atoms with Crippen molar-refractivity contribution in [1.82, 2.24) is 5.32 Å². The van der Waals surface area contributed by atoms with E-state index >= 15 is 0 Å². The number of hydrogen-bond acceptors (Lipinski definition) is 1. The molecule has 104 valence electrons. The molecule has 0 bridgehead atoms. The standard InChI is InChI=1S/C16H14Cl2FN/c17-12-6-5-11(14(18)7-12)8-16(9-20-10-16)13-3-1-2-4-15(13)19/h1-7,20H,8-10H2. The van der Waals surface area contributed by atoms with Gasteiger partial charge in [-0.1, -0.05) is 47.5 Å². The fourth-order valence-electron chi connectivity index (χ4n) is 2.76. The van der Waals surface area contributed by atoms with Gasteiger partial charge in [-0.3, -0.25) is 0 Å². The van der Waals surface area contributed by atoms with E-state index in [1.165, 1.54) is 6.07 Å². The lowest BCUT2D eigenvalue weighted by Gasteiger charge is -2.43. The zero-order valence-electron chi connectivity index (χ0n) is 10.8. The summed E-state index contributed by atoms with van der Waals surface area (Å²) in [6, 6.07) is 12.4. The van der Waals surface area contributed by atoms with Gasteiger partial charge in [0.05, 0.1) is 0 Å². The minimum absolute atomic E-state index is 0.154. The van der Waals surface area contributed by atoms with Crippen molar-refractivity contribution in [3.05, 3.63) is 69.5 Å². The minimum atomic E-state index is -0.219. The predicted octanol–water partition coefficient (Wildman–Crippen LogP) is 4.22. The second-order valence-corrected chi connectivity index (χ2v) is 6.12. The summed E-state index contributed by atoms with van der Waals surface area (Å²) in [5.41, 5.74) is 1.54. The number of hydrogen-bond donors (Lipinski definition) is 1. The van der Waals surface area contributed by atoms with Crippen LogP contribution >= 0.6 is 23.2 Å². The minimum Gasteiger partial charge on any atom is -0.315 e. The largest absolute Gasteiger partial charge is 0.315 e. The zero-order chi connectivity index (χ0) is 14.2. The van der Waals surface area contributed by atoms with Gasteiger partial charge in [0.2, 0.25) is 0 Å². The van der Waals surface area contributed by atoms with E-state index in [1.54, 1.807) is 12.1 Å². The van der Waals surface area contributed by atoms with Gasteiger partial charge >= 0.3 is 0 Å². The fraction of sp³-hybridized carbons (Fsp3) is 0.250. The van der Waals surface area contributed by atoms with Crippen molar-refractivity contribution in [1.29, 1.82) is 0 Å². The van der Waals surface area contributed by atoms with E-state index in [4.69, 9.17) is 23.2 Å². The highest BCUT2D eigenvalue weighted by atomic mass is 35.5. The van der Waals surface area contributed by atoms with Gasteiger partial charge in [-0.05, 0) is 35.7 Å². The van der Waals surface area contributed by atoms with Crippen molar-refractivity contribution in [3.63, 3.8) is 0 Å². The molecule has 20 heavy (non-hydrogen) atoms. The Balaban J connectivity index is 1.96. The lowest BCUT2D eigenvalue weighted by molar-refractivity contribution is 0.266. The normalized spacial score (nSPS) is 16.8. The lowest BCUT2D eigenvalue weighted by Crippen LogP contribution is -2.58. The summed E-state index contributed by atoms with van der Waals surface area (Å²) in [6.45, 7) is 1.51. The Morgan fingerprint density at radius 1 is 1.10 bits per heavy atom. The van der Waals surface area contributed by atoms with Gasteiger partial charge in [0.1, 0.15) is 5.82 Å². The third-order valence-electron chi connectivity index (χ3n) is 3.92. The molecule has 0 atom stereocenters. The van der Waals surface area contributed by atoms with Gasteiger partial charge in [-0.15, -0.1) is 0 Å². The Bertz CT molecular complexity index is 638. The molecule has 4 heteroatoms. The van der Waals surface area contributed by atoms with Crippen LogP contribution in [0, 0.1) is 5.82 Å². The van der Waals surface area contributed by atoms with E-state index in [-0.39, 0.29) is 11.2 Å². The number of rotatable bonds is 3. The van der Waals surface area contributed by atoms with Gasteiger partial charge in [0, 0.05) is 28.5 Å². The summed E-state index contributed by atoms with van der Waals surface area (Å²) < 4.78 is 14.1. The molecule has 0 spiro atoms. The van der Waals surface area contributed by atoms with E-state index < -0.39 is 0 Å². The molecule has 1 heterocycles. The van der Waals surface area contributed by atoms with Gasteiger partial charge in [-0.2, -0.15) is 0 Å². The molecule has 0 aromatic heterocycles. The smallest absolute Gasteiger partial charge is 0.127 e. The van der Waals surface area contributed by atoms with Crippen molar-refractivity contribution in [2.45, 2.75) is 11.8 Å². The van der Waals surface area contributed by atoms with Crippen LogP contribution in [0.2, 0.25) is 10.0 Å². The highest BCUT2D eigenvalue weighted by Gasteiger charge is 2.40. The van der Waals surface area contributed by atoms with Gasteiger partial charge in [-0.25, -0.2) is 4.39 Å². The molecule has 0 unspecified atom stereocenters. The Morgan fingerprint density at radius 3 is 2.45 bits per heavy atom. The predicted molar refractivity (Wildman–Crippen MR) is 81.1 cm³/mol. The average Bonchev–Trinajstić information content (AvgIpc) is 2.37. The van der Waals surface area contributed by atoms with Crippen LogP contribution in [0.1, 0.15) is 11.1 Å². The summed E-state index contributed by atoms with van der Waals surface area (Å²) in [5.74, 6) is -0.154. The summed E-state index contributed by atoms with van der Waals surface area (Å²) in [6.07, 6.45) is 0.705. The first-order valence-corrected chi connectivity index (χ1v) is 7.26. The van der Waals surface area contributed by atoms with E-state index in [0.717, 1.165) is 24.2 Å². The van der Waals surface area contributed by atoms with Crippen molar-refractivity contribution in [2.75, 3.05) is 13.1 Å². The van der Waals surface area contributed by atoms with Crippen LogP contribution in [-0.2, 0) is 11.8 Å². The Hall–Kier alpha value is -1.09. The summed E-state index contributed by atoms with van der Waals surface area (Å²) in [4.78, 5) is 0. The Kier molecular flexibility index (Phi) is 3.72. The van der Waals surface area contributed by atoms with E-state index in [0.29, 0.717) is 16.5 Å². The quantitative estimate of drug-likeness (QED) is 0.895. The zero-order valence-corrected chi connectivity index (χ0v) is 12.3. The Morgan fingerprint density at radius 2 is 1.85 bits per heavy atom. The molecule has 0 aliphatic carbocycles. The third-order valence-corrected chi connectivity index (χ3v) is 4.50. The third kappa shape index (κ3) is 2.44. The van der Waals surface area contributed by atoms with Crippen LogP contribution in [-0.4, -0.2) is 13.1 Å². The highest BCUT2D eigenvalue weighted by Crippen LogP contribution is 2.36. The van der Waals surface area contributed by atoms with E-state index in [1.807, 2.05) is 24.3 Å². The first-order chi connectivity index (χ1) is 9.61. The summed E-state index contributed by atoms with van der Waals surface area (Å²) >= 11 is 12.2. The number of halogens is 3. The average molecular weight is 310 g/mol. The van der Waals surface area contributed by atoms with Gasteiger partial charge < -0.3 is 5.32 Å². The molecule has 1 aliphatic rings. The maximum absolute atomic E-state index is 14.1. The molecule has 0 amide bonds. The van der Waals surface area contributed by atoms with Crippen LogP contribution in [0.15, 0.2) is 42.5 Å². The molecule has 1 nitrogen and oxygen atoms in total. The maximum Gasteiger partial charge on any atom is 0.127 e. The van der Waals surface area contributed by atoms with Crippen molar-refractivity contribution in [2.24, 2.45) is 0 Å². The van der Waals surface area contributed by atoms with Crippen LogP contribution < -0.4 is 5.32 Å². The molecule has 1 N–H and O–H groups in total. The molecule has 0 saturated carbocycles. The Labute approximate surface area is 127 Å². The molecule has 2 aromatic carbocycles. The molecule has 3 rings (SSSR count). The molecule has 1 aliphatic heterocycles. The van der Waals surface area contributed by atoms with E-state index in [9.17, 15) is 4.39 Å². The van der Waals surface area contributed by atoms with E-state index in [2.05, 4.69) is 5.32 Å². The number of benzene rings is 2. The van der Waals surface area contributed by atoms with Crippen molar-refractivity contribution >= 4 is 23.2 Å². The summed E-state index contributed by atoms with van der Waals surface area (Å²) in [7, 11) is 0. The fourth-order valence-corrected chi connectivity index (χ4v) is 3.23. The van der Waals surface area contributed by atoms with Gasteiger partial charge in [0.15, 0.2) is 0 Å². The van der Waals surface area contributed by atoms with Crippen molar-refractivity contribution in [3.8, 4) is 0 Å². The SMILES string of the molecule is Fc1ccccc1C1(Cc2ccc(Cl)cc2Cl)CNC1. The van der Waals surface area contributed by atoms with Crippen LogP contribution in [0.25, 0.3) is 0 Å². The highest BCUT2D eigenvalue weighted by molar-refractivity contribution is 6.35. The molecule has 2 aromatic rings. The second-order valence-electron chi connectivity index (χ2n) is 5.28. The molecule has 1 fully saturated rings. The second kappa shape index (κ2) is 5.36. The number of nitrogens with one attached hydrogen (secondary N) is 1. The molecule has 0 radical (unpaired) electrons. The topological polar surface area (TPSA) is 12.0 Å². The van der Waals surface area contributed by atoms with Crippen LogP contribution in [0.5, 0.6) is 0 Å². The molecule has 1 saturated heterocycles. The van der Waals surface area contributed by atoms with Crippen LogP contribution in [0.4, 0.5) is 4.39 Å². The molecular weight excluding hydrogens is 296 g/mol.